The molecular weight excluding hydrogens is 183 g/mol. The summed E-state index contributed by atoms with van der Waals surface area (Å²) in [6.07, 6.45) is 4.12. The van der Waals surface area contributed by atoms with Crippen LogP contribution in [0.1, 0.15) is 12.0 Å². The number of nitrogens with zero attached hydrogens (tertiary/aromatic N) is 1. The highest BCUT2D eigenvalue weighted by molar-refractivity contribution is 5.08. The zero-order valence-electron chi connectivity index (χ0n) is 7.87. The van der Waals surface area contributed by atoms with Gasteiger partial charge in [-0.15, -0.1) is 0 Å². The number of hydrogen-bond donors (Lipinski definition) is 1. The highest BCUT2D eigenvalue weighted by Gasteiger charge is 2.14. The first-order valence-corrected chi connectivity index (χ1v) is 4.76. The topological polar surface area (TPSA) is 34.1 Å². The molecule has 0 saturated carbocycles. The van der Waals surface area contributed by atoms with Crippen molar-refractivity contribution in [2.45, 2.75) is 19.1 Å². The second-order valence-electron chi connectivity index (χ2n) is 3.44. The number of nitrogens with one attached hydrogen (secondary N) is 1. The predicted octanol–water partition coefficient (Wildman–Crippen LogP) is 1.10. The fraction of sp³-hybridized carbons (Fsp3) is 0.500. The van der Waals surface area contributed by atoms with Crippen molar-refractivity contribution in [1.82, 2.24) is 10.3 Å². The highest BCUT2D eigenvalue weighted by atomic mass is 19.1. The van der Waals surface area contributed by atoms with Crippen LogP contribution < -0.4 is 5.32 Å². The van der Waals surface area contributed by atoms with E-state index in [1.54, 1.807) is 6.20 Å². The normalized spacial score (nSPS) is 21.4. The first kappa shape index (κ1) is 9.55. The number of aromatic nitrogens is 1. The van der Waals surface area contributed by atoms with Gasteiger partial charge >= 0.3 is 0 Å². The molecule has 0 spiro atoms. The van der Waals surface area contributed by atoms with Gasteiger partial charge in [0.2, 0.25) is 0 Å². The minimum Gasteiger partial charge on any atom is -0.372 e. The van der Waals surface area contributed by atoms with Gasteiger partial charge in [0.25, 0.3) is 0 Å². The number of halogens is 1. The summed E-state index contributed by atoms with van der Waals surface area (Å²) in [7, 11) is 0. The van der Waals surface area contributed by atoms with Crippen LogP contribution in [0.2, 0.25) is 0 Å². The maximum Gasteiger partial charge on any atom is 0.141 e. The van der Waals surface area contributed by atoms with Crippen LogP contribution in [-0.4, -0.2) is 24.2 Å². The van der Waals surface area contributed by atoms with Gasteiger partial charge in [-0.05, 0) is 24.6 Å². The van der Waals surface area contributed by atoms with Gasteiger partial charge in [-0.1, -0.05) is 0 Å². The maximum absolute atomic E-state index is 12.7. The molecule has 1 saturated heterocycles. The van der Waals surface area contributed by atoms with Gasteiger partial charge in [-0.2, -0.15) is 0 Å². The Kier molecular flexibility index (Phi) is 3.06. The molecule has 0 bridgehead atoms. The molecule has 1 aromatic heterocycles. The number of ether oxygens (including phenoxy) is 1. The summed E-state index contributed by atoms with van der Waals surface area (Å²) in [6.45, 7) is 2.34. The molecule has 2 heterocycles. The third-order valence-electron chi connectivity index (χ3n) is 2.26. The fourth-order valence-electron chi connectivity index (χ4n) is 1.52. The molecule has 1 aliphatic rings. The van der Waals surface area contributed by atoms with Gasteiger partial charge in [0.15, 0.2) is 0 Å². The van der Waals surface area contributed by atoms with Gasteiger partial charge < -0.3 is 10.1 Å². The van der Waals surface area contributed by atoms with Gasteiger partial charge in [0.05, 0.1) is 18.9 Å². The highest BCUT2D eigenvalue weighted by Crippen LogP contribution is 2.08. The van der Waals surface area contributed by atoms with Crippen LogP contribution in [-0.2, 0) is 11.3 Å². The van der Waals surface area contributed by atoms with Gasteiger partial charge in [0.1, 0.15) is 5.82 Å². The Bertz CT molecular complexity index is 300. The van der Waals surface area contributed by atoms with Crippen LogP contribution in [0.4, 0.5) is 4.39 Å². The standard InChI is InChI=1S/C10H13FN2O/c11-9-3-8(4-13-5-9)7-14-10-1-2-12-6-10/h3-5,10,12H,1-2,6-7H2. The first-order valence-electron chi connectivity index (χ1n) is 4.76. The molecule has 0 aliphatic carbocycles. The summed E-state index contributed by atoms with van der Waals surface area (Å²) >= 11 is 0. The Morgan fingerprint density at radius 1 is 1.57 bits per heavy atom. The van der Waals surface area contributed by atoms with Crippen molar-refractivity contribution >= 4 is 0 Å². The van der Waals surface area contributed by atoms with E-state index in [1.165, 1.54) is 12.3 Å². The van der Waals surface area contributed by atoms with Crippen LogP contribution in [0.25, 0.3) is 0 Å². The lowest BCUT2D eigenvalue weighted by Crippen LogP contribution is -2.16. The largest absolute Gasteiger partial charge is 0.372 e. The Labute approximate surface area is 82.3 Å². The molecule has 4 heteroatoms. The Hall–Kier alpha value is -1.00. The monoisotopic (exact) mass is 196 g/mol. The van der Waals surface area contributed by atoms with Crippen molar-refractivity contribution in [3.8, 4) is 0 Å². The summed E-state index contributed by atoms with van der Waals surface area (Å²) in [5.74, 6) is -0.310. The molecule has 1 aromatic rings. The second-order valence-corrected chi connectivity index (χ2v) is 3.44. The summed E-state index contributed by atoms with van der Waals surface area (Å²) in [6, 6.07) is 1.45. The summed E-state index contributed by atoms with van der Waals surface area (Å²) < 4.78 is 18.3. The fourth-order valence-corrected chi connectivity index (χ4v) is 1.52. The molecule has 2 rings (SSSR count). The van der Waals surface area contributed by atoms with Crippen molar-refractivity contribution < 1.29 is 9.13 Å². The summed E-state index contributed by atoms with van der Waals surface area (Å²) in [4.78, 5) is 3.76. The first-order chi connectivity index (χ1) is 6.84. The lowest BCUT2D eigenvalue weighted by Gasteiger charge is -2.09. The van der Waals surface area contributed by atoms with Gasteiger partial charge in [-0.3, -0.25) is 4.98 Å². The van der Waals surface area contributed by atoms with Crippen LogP contribution in [0.15, 0.2) is 18.5 Å². The molecule has 0 aromatic carbocycles. The molecule has 1 fully saturated rings. The third kappa shape index (κ3) is 2.49. The molecule has 0 amide bonds. The molecule has 1 N–H and O–H groups in total. The van der Waals surface area contributed by atoms with Crippen molar-refractivity contribution in [2.75, 3.05) is 13.1 Å². The van der Waals surface area contributed by atoms with E-state index in [2.05, 4.69) is 10.3 Å². The lowest BCUT2D eigenvalue weighted by atomic mass is 10.3. The predicted molar refractivity (Wildman–Crippen MR) is 50.3 cm³/mol. The van der Waals surface area contributed by atoms with Crippen LogP contribution in [0.3, 0.4) is 0 Å². The van der Waals surface area contributed by atoms with Crippen molar-refractivity contribution in [3.63, 3.8) is 0 Å². The molecular formula is C10H13FN2O. The van der Waals surface area contributed by atoms with E-state index in [1.807, 2.05) is 0 Å². The average molecular weight is 196 g/mol. The van der Waals surface area contributed by atoms with E-state index in [-0.39, 0.29) is 11.9 Å². The molecule has 14 heavy (non-hydrogen) atoms. The van der Waals surface area contributed by atoms with E-state index in [9.17, 15) is 4.39 Å². The van der Waals surface area contributed by atoms with Crippen LogP contribution in [0, 0.1) is 5.82 Å². The number of pyridine rings is 1. The SMILES string of the molecule is Fc1cncc(COC2CCNC2)c1. The smallest absolute Gasteiger partial charge is 0.141 e. The Morgan fingerprint density at radius 2 is 2.50 bits per heavy atom. The van der Waals surface area contributed by atoms with Crippen LogP contribution in [0.5, 0.6) is 0 Å². The summed E-state index contributed by atoms with van der Waals surface area (Å²) in [5, 5.41) is 3.21. The van der Waals surface area contributed by atoms with E-state index < -0.39 is 0 Å². The third-order valence-corrected chi connectivity index (χ3v) is 2.26. The maximum atomic E-state index is 12.7. The van der Waals surface area contributed by atoms with Crippen LogP contribution >= 0.6 is 0 Å². The summed E-state index contributed by atoms with van der Waals surface area (Å²) in [5.41, 5.74) is 0.789. The Balaban J connectivity index is 1.85. The minimum atomic E-state index is -0.310. The molecule has 1 unspecified atom stereocenters. The van der Waals surface area contributed by atoms with Crippen molar-refractivity contribution in [2.24, 2.45) is 0 Å². The average Bonchev–Trinajstić information content (AvgIpc) is 2.67. The molecule has 1 atom stereocenters. The number of rotatable bonds is 3. The second kappa shape index (κ2) is 4.48. The van der Waals surface area contributed by atoms with E-state index >= 15 is 0 Å². The number of hydrogen-bond acceptors (Lipinski definition) is 3. The molecule has 3 nitrogen and oxygen atoms in total. The zero-order chi connectivity index (χ0) is 9.80. The minimum absolute atomic E-state index is 0.262. The quantitative estimate of drug-likeness (QED) is 0.786. The zero-order valence-corrected chi connectivity index (χ0v) is 7.87. The molecule has 0 radical (unpaired) electrons. The van der Waals surface area contributed by atoms with E-state index in [0.29, 0.717) is 6.61 Å². The van der Waals surface area contributed by atoms with E-state index in [0.717, 1.165) is 25.1 Å². The molecule has 1 aliphatic heterocycles. The van der Waals surface area contributed by atoms with Crippen molar-refractivity contribution in [3.05, 3.63) is 29.8 Å². The van der Waals surface area contributed by atoms with Gasteiger partial charge in [-0.25, -0.2) is 4.39 Å². The molecule has 76 valence electrons. The lowest BCUT2D eigenvalue weighted by molar-refractivity contribution is 0.0539. The van der Waals surface area contributed by atoms with Crippen molar-refractivity contribution in [1.29, 1.82) is 0 Å². The van der Waals surface area contributed by atoms with Gasteiger partial charge in [0, 0.05) is 12.7 Å². The van der Waals surface area contributed by atoms with E-state index in [4.69, 9.17) is 4.74 Å². The Morgan fingerprint density at radius 3 is 3.21 bits per heavy atom.